The number of carbonyl (C=O) groups is 1. The van der Waals surface area contributed by atoms with Gasteiger partial charge in [-0.25, -0.2) is 9.07 Å². The summed E-state index contributed by atoms with van der Waals surface area (Å²) in [5.74, 6) is 0.0563. The van der Waals surface area contributed by atoms with Gasteiger partial charge in [0.1, 0.15) is 17.1 Å². The maximum absolute atomic E-state index is 15.2. The zero-order valence-electron chi connectivity index (χ0n) is 21.1. The van der Waals surface area contributed by atoms with Crippen molar-refractivity contribution in [3.05, 3.63) is 107 Å². The SMILES string of the molecule is C=C1CCn2c(=O)c(C(=O)Cc3ccc(Oc4ccnc5cc(OC)ccc45)c(F)c3)c(-c3ccncc3)n21. The molecule has 8 nitrogen and oxygen atoms in total. The molecule has 2 aromatic carbocycles. The molecule has 0 saturated heterocycles. The van der Waals surface area contributed by atoms with Gasteiger partial charge < -0.3 is 9.47 Å². The van der Waals surface area contributed by atoms with Crippen LogP contribution in [0.15, 0.2) is 84.6 Å². The molecule has 0 aliphatic carbocycles. The van der Waals surface area contributed by atoms with Gasteiger partial charge in [-0.1, -0.05) is 12.6 Å². The number of fused-ring (bicyclic) bond motifs is 2. The molecule has 0 spiro atoms. The summed E-state index contributed by atoms with van der Waals surface area (Å²) in [4.78, 5) is 35.1. The van der Waals surface area contributed by atoms with Crippen molar-refractivity contribution in [2.24, 2.45) is 0 Å². The fourth-order valence-corrected chi connectivity index (χ4v) is 4.89. The zero-order chi connectivity index (χ0) is 27.1. The van der Waals surface area contributed by atoms with Gasteiger partial charge in [-0.2, -0.15) is 0 Å². The molecule has 1 aliphatic heterocycles. The Balaban J connectivity index is 1.30. The highest BCUT2D eigenvalue weighted by molar-refractivity contribution is 6.03. The predicted molar refractivity (Wildman–Crippen MR) is 145 cm³/mol. The summed E-state index contributed by atoms with van der Waals surface area (Å²) in [5.41, 5.74) is 2.64. The Bertz CT molecular complexity index is 1820. The van der Waals surface area contributed by atoms with Crippen molar-refractivity contribution in [2.45, 2.75) is 19.4 Å². The molecule has 9 heteroatoms. The number of Topliss-reactive ketones (excluding diaryl/α,β-unsaturated/α-hetero) is 1. The number of hydrogen-bond donors (Lipinski definition) is 0. The monoisotopic (exact) mass is 522 g/mol. The van der Waals surface area contributed by atoms with E-state index < -0.39 is 11.6 Å². The quantitative estimate of drug-likeness (QED) is 0.262. The largest absolute Gasteiger partial charge is 0.497 e. The number of methoxy groups -OCH3 is 1. The molecule has 0 unspecified atom stereocenters. The van der Waals surface area contributed by atoms with Crippen LogP contribution in [0.3, 0.4) is 0 Å². The number of ketones is 1. The second-order valence-corrected chi connectivity index (χ2v) is 9.17. The van der Waals surface area contributed by atoms with Crippen LogP contribution in [0.1, 0.15) is 22.3 Å². The van der Waals surface area contributed by atoms with Gasteiger partial charge >= 0.3 is 0 Å². The van der Waals surface area contributed by atoms with Crippen LogP contribution >= 0.6 is 0 Å². The van der Waals surface area contributed by atoms with Crippen LogP contribution in [0, 0.1) is 5.82 Å². The minimum absolute atomic E-state index is 0.00574. The van der Waals surface area contributed by atoms with Gasteiger partial charge in [0.15, 0.2) is 17.3 Å². The first-order chi connectivity index (χ1) is 18.9. The Labute approximate surface area is 222 Å². The molecule has 0 fully saturated rings. The lowest BCUT2D eigenvalue weighted by Gasteiger charge is -2.11. The Morgan fingerprint density at radius 3 is 2.64 bits per heavy atom. The standard InChI is InChI=1S/C30H23FN4O4/c1-18-10-14-34-30(37)28(29(35(18)34)20-7-11-32-12-8-20)25(36)16-19-3-6-27(23(31)15-19)39-26-9-13-33-24-17-21(38-2)4-5-22(24)26/h3-9,11-13,15,17H,1,10,14,16H2,2H3. The Hall–Kier alpha value is -5.05. The van der Waals surface area contributed by atoms with Gasteiger partial charge in [0.2, 0.25) is 0 Å². The van der Waals surface area contributed by atoms with Gasteiger partial charge in [-0.05, 0) is 48.0 Å². The lowest BCUT2D eigenvalue weighted by molar-refractivity contribution is 0.0992. The van der Waals surface area contributed by atoms with E-state index in [-0.39, 0.29) is 23.3 Å². The van der Waals surface area contributed by atoms with Crippen molar-refractivity contribution in [3.8, 4) is 28.5 Å². The van der Waals surface area contributed by atoms with Crippen LogP contribution < -0.4 is 15.0 Å². The third-order valence-electron chi connectivity index (χ3n) is 6.77. The predicted octanol–water partition coefficient (Wildman–Crippen LogP) is 5.50. The molecule has 6 rings (SSSR count). The van der Waals surface area contributed by atoms with E-state index in [9.17, 15) is 9.59 Å². The Morgan fingerprint density at radius 2 is 1.87 bits per heavy atom. The Morgan fingerprint density at radius 1 is 1.05 bits per heavy atom. The maximum atomic E-state index is 15.2. The van der Waals surface area contributed by atoms with Gasteiger partial charge in [-0.3, -0.25) is 24.2 Å². The maximum Gasteiger partial charge on any atom is 0.278 e. The first-order valence-electron chi connectivity index (χ1n) is 12.3. The summed E-state index contributed by atoms with van der Waals surface area (Å²) >= 11 is 0. The second kappa shape index (κ2) is 9.68. The molecule has 1 aliphatic rings. The molecular weight excluding hydrogens is 499 g/mol. The van der Waals surface area contributed by atoms with Crippen LogP contribution in [0.2, 0.25) is 0 Å². The van der Waals surface area contributed by atoms with Gasteiger partial charge in [0, 0.05) is 60.7 Å². The fourth-order valence-electron chi connectivity index (χ4n) is 4.89. The van der Waals surface area contributed by atoms with Crippen molar-refractivity contribution >= 4 is 22.4 Å². The molecule has 194 valence electrons. The number of benzene rings is 2. The van der Waals surface area contributed by atoms with E-state index in [0.29, 0.717) is 52.2 Å². The summed E-state index contributed by atoms with van der Waals surface area (Å²) in [5, 5.41) is 0.699. The molecule has 39 heavy (non-hydrogen) atoms. The molecule has 3 aromatic heterocycles. The number of halogens is 1. The van der Waals surface area contributed by atoms with E-state index in [2.05, 4.69) is 16.5 Å². The molecule has 0 atom stereocenters. The normalized spacial score (nSPS) is 12.5. The topological polar surface area (TPSA) is 88.2 Å². The average Bonchev–Trinajstić information content (AvgIpc) is 3.47. The van der Waals surface area contributed by atoms with Crippen LogP contribution in [-0.4, -0.2) is 32.2 Å². The smallest absolute Gasteiger partial charge is 0.278 e. The van der Waals surface area contributed by atoms with Gasteiger partial charge in [0.05, 0.1) is 18.3 Å². The van der Waals surface area contributed by atoms with Gasteiger partial charge in [-0.15, -0.1) is 0 Å². The highest BCUT2D eigenvalue weighted by atomic mass is 19.1. The minimum Gasteiger partial charge on any atom is -0.497 e. The van der Waals surface area contributed by atoms with Crippen molar-refractivity contribution in [1.82, 2.24) is 19.3 Å². The summed E-state index contributed by atoms with van der Waals surface area (Å²) < 4.78 is 29.5. The van der Waals surface area contributed by atoms with Crippen molar-refractivity contribution in [3.63, 3.8) is 0 Å². The molecule has 0 radical (unpaired) electrons. The van der Waals surface area contributed by atoms with E-state index >= 15 is 4.39 Å². The van der Waals surface area contributed by atoms with E-state index in [1.165, 1.54) is 16.8 Å². The summed E-state index contributed by atoms with van der Waals surface area (Å²) in [6, 6.07) is 14.8. The van der Waals surface area contributed by atoms with Crippen LogP contribution in [0.4, 0.5) is 4.39 Å². The van der Waals surface area contributed by atoms with E-state index in [1.807, 2.05) is 0 Å². The molecule has 5 aromatic rings. The molecule has 0 saturated carbocycles. The third-order valence-corrected chi connectivity index (χ3v) is 6.77. The minimum atomic E-state index is -0.627. The fraction of sp³-hybridized carbons (Fsp3) is 0.133. The lowest BCUT2D eigenvalue weighted by atomic mass is 10.00. The summed E-state index contributed by atoms with van der Waals surface area (Å²) in [6.07, 6.45) is 5.25. The third kappa shape index (κ3) is 4.27. The first-order valence-corrected chi connectivity index (χ1v) is 12.3. The number of carbonyl (C=O) groups excluding carboxylic acids is 1. The van der Waals surface area contributed by atoms with Crippen molar-refractivity contribution < 1.29 is 18.7 Å². The Kier molecular flexibility index (Phi) is 6.03. The van der Waals surface area contributed by atoms with Crippen LogP contribution in [-0.2, 0) is 13.0 Å². The molecule has 0 N–H and O–H groups in total. The number of ether oxygens (including phenoxy) is 2. The number of aromatic nitrogens is 4. The van der Waals surface area contributed by atoms with Crippen molar-refractivity contribution in [2.75, 3.05) is 7.11 Å². The van der Waals surface area contributed by atoms with E-state index in [4.69, 9.17) is 9.47 Å². The molecular formula is C30H23FN4O4. The average molecular weight is 523 g/mol. The van der Waals surface area contributed by atoms with Crippen LogP contribution in [0.5, 0.6) is 17.2 Å². The first kappa shape index (κ1) is 24.3. The highest BCUT2D eigenvalue weighted by Gasteiger charge is 2.30. The lowest BCUT2D eigenvalue weighted by Crippen LogP contribution is -2.22. The zero-order valence-corrected chi connectivity index (χ0v) is 21.1. The van der Waals surface area contributed by atoms with Crippen LogP contribution in [0.25, 0.3) is 27.9 Å². The number of pyridine rings is 2. The van der Waals surface area contributed by atoms with Gasteiger partial charge in [0.25, 0.3) is 5.56 Å². The highest BCUT2D eigenvalue weighted by Crippen LogP contribution is 2.33. The number of hydrogen-bond acceptors (Lipinski definition) is 6. The summed E-state index contributed by atoms with van der Waals surface area (Å²) in [7, 11) is 1.57. The van der Waals surface area contributed by atoms with E-state index in [1.54, 1.807) is 72.8 Å². The molecule has 0 bridgehead atoms. The number of allylic oxidation sites excluding steroid dienone is 1. The van der Waals surface area contributed by atoms with E-state index in [0.717, 1.165) is 5.70 Å². The molecule has 0 amide bonds. The number of rotatable bonds is 7. The second-order valence-electron chi connectivity index (χ2n) is 9.17. The number of nitrogens with zero attached hydrogens (tertiary/aromatic N) is 4. The van der Waals surface area contributed by atoms with Crippen molar-refractivity contribution in [1.29, 1.82) is 0 Å². The molecule has 4 heterocycles. The summed E-state index contributed by atoms with van der Waals surface area (Å²) in [6.45, 7) is 4.51.